The number of nitrogens with two attached hydrogens (primary N) is 1. The smallest absolute Gasteiger partial charge is 0.301 e. The molecule has 1 aliphatic heterocycles. The second-order valence-corrected chi connectivity index (χ2v) is 6.26. The maximum atomic E-state index is 13.7. The molecule has 0 bridgehead atoms. The van der Waals surface area contributed by atoms with Gasteiger partial charge in [-0.1, -0.05) is 12.5 Å². The summed E-state index contributed by atoms with van der Waals surface area (Å²) in [6, 6.07) is 4.25. The number of hydrogen-bond acceptors (Lipinski definition) is 3. The summed E-state index contributed by atoms with van der Waals surface area (Å²) in [6.07, 6.45) is 2.72. The van der Waals surface area contributed by atoms with Gasteiger partial charge in [0.15, 0.2) is 0 Å². The molecule has 0 spiro atoms. The van der Waals surface area contributed by atoms with E-state index in [1.807, 2.05) is 0 Å². The fourth-order valence-electron chi connectivity index (χ4n) is 2.08. The SMILES string of the molecule is NCc1ccc(NS(=O)(=O)N2CCCCC2)c(F)c1. The van der Waals surface area contributed by atoms with E-state index in [4.69, 9.17) is 5.73 Å². The van der Waals surface area contributed by atoms with Crippen molar-refractivity contribution >= 4 is 15.9 Å². The van der Waals surface area contributed by atoms with Crippen molar-refractivity contribution in [2.24, 2.45) is 5.73 Å². The van der Waals surface area contributed by atoms with E-state index in [-0.39, 0.29) is 12.2 Å². The minimum atomic E-state index is -3.67. The largest absolute Gasteiger partial charge is 0.326 e. The molecule has 1 aromatic rings. The molecule has 1 saturated heterocycles. The van der Waals surface area contributed by atoms with Gasteiger partial charge in [-0.05, 0) is 30.5 Å². The molecule has 1 heterocycles. The quantitative estimate of drug-likeness (QED) is 0.879. The number of halogens is 1. The van der Waals surface area contributed by atoms with Crippen LogP contribution in [0.15, 0.2) is 18.2 Å². The third kappa shape index (κ3) is 3.43. The van der Waals surface area contributed by atoms with Crippen LogP contribution in [0.2, 0.25) is 0 Å². The van der Waals surface area contributed by atoms with Crippen LogP contribution in [-0.2, 0) is 16.8 Å². The maximum absolute atomic E-state index is 13.7. The third-order valence-corrected chi connectivity index (χ3v) is 4.69. The third-order valence-electron chi connectivity index (χ3n) is 3.16. The molecule has 0 radical (unpaired) electrons. The minimum absolute atomic E-state index is 0.0391. The molecule has 19 heavy (non-hydrogen) atoms. The Morgan fingerprint density at radius 2 is 1.95 bits per heavy atom. The van der Waals surface area contributed by atoms with Crippen molar-refractivity contribution in [3.8, 4) is 0 Å². The fraction of sp³-hybridized carbons (Fsp3) is 0.500. The molecule has 5 nitrogen and oxygen atoms in total. The summed E-state index contributed by atoms with van der Waals surface area (Å²) in [5.74, 6) is -0.608. The van der Waals surface area contributed by atoms with Crippen LogP contribution in [0.1, 0.15) is 24.8 Å². The summed E-state index contributed by atoms with van der Waals surface area (Å²) >= 11 is 0. The van der Waals surface area contributed by atoms with Gasteiger partial charge in [0.1, 0.15) is 5.82 Å². The number of piperidine rings is 1. The van der Waals surface area contributed by atoms with E-state index in [0.29, 0.717) is 18.7 Å². The molecule has 0 atom stereocenters. The summed E-state index contributed by atoms with van der Waals surface area (Å²) in [7, 11) is -3.67. The zero-order valence-electron chi connectivity index (χ0n) is 10.6. The normalized spacial score (nSPS) is 17.4. The van der Waals surface area contributed by atoms with Gasteiger partial charge in [-0.3, -0.25) is 4.72 Å². The van der Waals surface area contributed by atoms with Gasteiger partial charge in [-0.25, -0.2) is 4.39 Å². The number of anilines is 1. The van der Waals surface area contributed by atoms with Crippen LogP contribution in [0, 0.1) is 5.82 Å². The Bertz CT molecular complexity index is 542. The Labute approximate surface area is 112 Å². The number of nitrogens with one attached hydrogen (secondary N) is 1. The standard InChI is InChI=1S/C12H18FN3O2S/c13-11-8-10(9-14)4-5-12(11)15-19(17,18)16-6-2-1-3-7-16/h4-5,8,15H,1-3,6-7,9,14H2. The summed E-state index contributed by atoms with van der Waals surface area (Å²) in [4.78, 5) is 0. The van der Waals surface area contributed by atoms with E-state index >= 15 is 0 Å². The highest BCUT2D eigenvalue weighted by Crippen LogP contribution is 2.20. The van der Waals surface area contributed by atoms with Gasteiger partial charge >= 0.3 is 10.2 Å². The van der Waals surface area contributed by atoms with E-state index in [2.05, 4.69) is 4.72 Å². The van der Waals surface area contributed by atoms with Crippen LogP contribution < -0.4 is 10.5 Å². The Morgan fingerprint density at radius 1 is 1.26 bits per heavy atom. The lowest BCUT2D eigenvalue weighted by Crippen LogP contribution is -2.39. The van der Waals surface area contributed by atoms with Gasteiger partial charge in [0.2, 0.25) is 0 Å². The van der Waals surface area contributed by atoms with E-state index in [9.17, 15) is 12.8 Å². The zero-order valence-corrected chi connectivity index (χ0v) is 11.4. The fourth-order valence-corrected chi connectivity index (χ4v) is 3.39. The molecule has 0 saturated carbocycles. The van der Waals surface area contributed by atoms with Gasteiger partial charge in [-0.15, -0.1) is 0 Å². The Hall–Kier alpha value is -1.18. The number of hydrogen-bond donors (Lipinski definition) is 2. The molecular weight excluding hydrogens is 269 g/mol. The first-order chi connectivity index (χ1) is 9.03. The van der Waals surface area contributed by atoms with E-state index in [1.165, 1.54) is 16.4 Å². The first-order valence-electron chi connectivity index (χ1n) is 6.29. The number of rotatable bonds is 4. The number of nitrogens with zero attached hydrogens (tertiary/aromatic N) is 1. The van der Waals surface area contributed by atoms with Crippen molar-refractivity contribution in [1.82, 2.24) is 4.31 Å². The second-order valence-electron chi connectivity index (χ2n) is 4.59. The maximum Gasteiger partial charge on any atom is 0.301 e. The van der Waals surface area contributed by atoms with Gasteiger partial charge in [-0.2, -0.15) is 12.7 Å². The van der Waals surface area contributed by atoms with Crippen LogP contribution in [0.5, 0.6) is 0 Å². The van der Waals surface area contributed by atoms with Crippen molar-refractivity contribution in [2.45, 2.75) is 25.8 Å². The monoisotopic (exact) mass is 287 g/mol. The van der Waals surface area contributed by atoms with Gasteiger partial charge in [0.05, 0.1) is 5.69 Å². The van der Waals surface area contributed by atoms with Crippen molar-refractivity contribution in [2.75, 3.05) is 17.8 Å². The summed E-state index contributed by atoms with van der Waals surface area (Å²) < 4.78 is 41.5. The van der Waals surface area contributed by atoms with Crippen molar-refractivity contribution in [3.63, 3.8) is 0 Å². The molecule has 1 aliphatic rings. The highest BCUT2D eigenvalue weighted by atomic mass is 32.2. The van der Waals surface area contributed by atoms with Crippen LogP contribution >= 0.6 is 0 Å². The summed E-state index contributed by atoms with van der Waals surface area (Å²) in [6.45, 7) is 1.19. The Kier molecular flexibility index (Phi) is 4.38. The van der Waals surface area contributed by atoms with Gasteiger partial charge < -0.3 is 5.73 Å². The highest BCUT2D eigenvalue weighted by Gasteiger charge is 2.24. The van der Waals surface area contributed by atoms with Gasteiger partial charge in [0.25, 0.3) is 0 Å². The molecular formula is C12H18FN3O2S. The van der Waals surface area contributed by atoms with Crippen LogP contribution in [-0.4, -0.2) is 25.8 Å². The van der Waals surface area contributed by atoms with Gasteiger partial charge in [0, 0.05) is 19.6 Å². The molecule has 0 amide bonds. The average molecular weight is 287 g/mol. The predicted molar refractivity (Wildman–Crippen MR) is 72.3 cm³/mol. The second kappa shape index (κ2) is 5.85. The van der Waals surface area contributed by atoms with Crippen molar-refractivity contribution < 1.29 is 12.8 Å². The molecule has 0 unspecified atom stereocenters. The number of benzene rings is 1. The molecule has 1 aromatic carbocycles. The predicted octanol–water partition coefficient (Wildman–Crippen LogP) is 1.43. The molecule has 1 fully saturated rings. The highest BCUT2D eigenvalue weighted by molar-refractivity contribution is 7.90. The summed E-state index contributed by atoms with van der Waals surface area (Å²) in [5, 5.41) is 0. The lowest BCUT2D eigenvalue weighted by Gasteiger charge is -2.26. The van der Waals surface area contributed by atoms with Crippen LogP contribution in [0.4, 0.5) is 10.1 Å². The van der Waals surface area contributed by atoms with Crippen molar-refractivity contribution in [3.05, 3.63) is 29.6 Å². The molecule has 7 heteroatoms. The van der Waals surface area contributed by atoms with E-state index in [0.717, 1.165) is 19.3 Å². The van der Waals surface area contributed by atoms with Crippen LogP contribution in [0.25, 0.3) is 0 Å². The molecule has 0 aromatic heterocycles. The molecule has 3 N–H and O–H groups in total. The molecule has 0 aliphatic carbocycles. The van der Waals surface area contributed by atoms with E-state index in [1.54, 1.807) is 6.07 Å². The lowest BCUT2D eigenvalue weighted by molar-refractivity contribution is 0.349. The minimum Gasteiger partial charge on any atom is -0.326 e. The summed E-state index contributed by atoms with van der Waals surface area (Å²) in [5.41, 5.74) is 5.98. The topological polar surface area (TPSA) is 75.4 Å². The average Bonchev–Trinajstić information content (AvgIpc) is 2.42. The zero-order chi connectivity index (χ0) is 13.9. The Morgan fingerprint density at radius 3 is 2.53 bits per heavy atom. The lowest BCUT2D eigenvalue weighted by atomic mass is 10.2. The first kappa shape index (κ1) is 14.2. The molecule has 2 rings (SSSR count). The first-order valence-corrected chi connectivity index (χ1v) is 7.73. The molecule has 106 valence electrons. The van der Waals surface area contributed by atoms with Crippen molar-refractivity contribution in [1.29, 1.82) is 0 Å². The Balaban J connectivity index is 2.15. The van der Waals surface area contributed by atoms with E-state index < -0.39 is 16.0 Å². The van der Waals surface area contributed by atoms with Crippen LogP contribution in [0.3, 0.4) is 0 Å².